The maximum absolute atomic E-state index is 5.75. The van der Waals surface area contributed by atoms with Gasteiger partial charge >= 0.3 is 0 Å². The van der Waals surface area contributed by atoms with Crippen LogP contribution in [0.15, 0.2) is 22.8 Å². The van der Waals surface area contributed by atoms with Crippen LogP contribution >= 0.6 is 15.9 Å². The molecule has 96 valence electrons. The molecule has 0 aliphatic carbocycles. The zero-order valence-corrected chi connectivity index (χ0v) is 12.4. The lowest BCUT2D eigenvalue weighted by molar-refractivity contribution is 0.757. The van der Waals surface area contributed by atoms with Crippen molar-refractivity contribution < 1.29 is 0 Å². The normalized spacial score (nSPS) is 12.7. The number of hydrogen-bond donors (Lipinski definition) is 1. The van der Waals surface area contributed by atoms with Crippen LogP contribution < -0.4 is 5.73 Å². The van der Waals surface area contributed by atoms with E-state index >= 15 is 0 Å². The SMILES string of the molecule is Cc1nn(-c2ccc(Br)cn2)c(C)c1C(C)CN. The Labute approximate surface area is 115 Å². The summed E-state index contributed by atoms with van der Waals surface area (Å²) in [5.41, 5.74) is 9.11. The van der Waals surface area contributed by atoms with Gasteiger partial charge in [0.2, 0.25) is 0 Å². The number of aromatic nitrogens is 3. The number of nitrogens with two attached hydrogens (primary N) is 1. The predicted octanol–water partition coefficient (Wildman–Crippen LogP) is 2.71. The van der Waals surface area contributed by atoms with Gasteiger partial charge in [-0.05, 0) is 54.4 Å². The molecule has 0 aromatic carbocycles. The Morgan fingerprint density at radius 3 is 2.67 bits per heavy atom. The van der Waals surface area contributed by atoms with E-state index in [1.165, 1.54) is 5.56 Å². The smallest absolute Gasteiger partial charge is 0.153 e. The molecule has 0 spiro atoms. The third-order valence-electron chi connectivity index (χ3n) is 3.12. The quantitative estimate of drug-likeness (QED) is 0.948. The molecule has 2 aromatic heterocycles. The number of aryl methyl sites for hydroxylation is 1. The molecule has 0 radical (unpaired) electrons. The topological polar surface area (TPSA) is 56.7 Å². The largest absolute Gasteiger partial charge is 0.330 e. The van der Waals surface area contributed by atoms with Crippen molar-refractivity contribution in [1.29, 1.82) is 0 Å². The summed E-state index contributed by atoms with van der Waals surface area (Å²) < 4.78 is 2.84. The standard InChI is InChI=1S/C13H17BrN4/c1-8(6-15)13-9(2)17-18(10(13)3)12-5-4-11(14)7-16-12/h4-5,7-8H,6,15H2,1-3H3. The molecule has 0 aliphatic rings. The van der Waals surface area contributed by atoms with E-state index in [2.05, 4.69) is 39.9 Å². The monoisotopic (exact) mass is 308 g/mol. The molecular formula is C13H17BrN4. The van der Waals surface area contributed by atoms with E-state index in [4.69, 9.17) is 5.73 Å². The first-order valence-electron chi connectivity index (χ1n) is 5.92. The van der Waals surface area contributed by atoms with Crippen molar-refractivity contribution in [2.75, 3.05) is 6.54 Å². The van der Waals surface area contributed by atoms with Crippen LogP contribution in [-0.2, 0) is 0 Å². The van der Waals surface area contributed by atoms with E-state index in [-0.39, 0.29) is 0 Å². The number of pyridine rings is 1. The van der Waals surface area contributed by atoms with E-state index in [0.29, 0.717) is 12.5 Å². The first kappa shape index (κ1) is 13.2. The van der Waals surface area contributed by atoms with Crippen LogP contribution in [0.1, 0.15) is 29.8 Å². The molecule has 0 fully saturated rings. The second-order valence-electron chi connectivity index (χ2n) is 4.47. The van der Waals surface area contributed by atoms with Gasteiger partial charge in [0, 0.05) is 21.9 Å². The Morgan fingerprint density at radius 1 is 1.39 bits per heavy atom. The van der Waals surface area contributed by atoms with Crippen LogP contribution in [-0.4, -0.2) is 21.3 Å². The molecule has 1 unspecified atom stereocenters. The number of hydrogen-bond acceptors (Lipinski definition) is 3. The lowest BCUT2D eigenvalue weighted by atomic mass is 9.99. The summed E-state index contributed by atoms with van der Waals surface area (Å²) in [7, 11) is 0. The molecule has 0 saturated heterocycles. The van der Waals surface area contributed by atoms with Gasteiger partial charge in [-0.15, -0.1) is 0 Å². The van der Waals surface area contributed by atoms with Crippen LogP contribution in [0.4, 0.5) is 0 Å². The van der Waals surface area contributed by atoms with E-state index in [9.17, 15) is 0 Å². The van der Waals surface area contributed by atoms with Crippen molar-refractivity contribution >= 4 is 15.9 Å². The summed E-state index contributed by atoms with van der Waals surface area (Å²) in [6.45, 7) is 6.83. The van der Waals surface area contributed by atoms with Crippen LogP contribution in [0.25, 0.3) is 5.82 Å². The number of nitrogens with zero attached hydrogens (tertiary/aromatic N) is 3. The van der Waals surface area contributed by atoms with E-state index in [1.54, 1.807) is 6.20 Å². The average Bonchev–Trinajstić information content (AvgIpc) is 2.65. The summed E-state index contributed by atoms with van der Waals surface area (Å²) in [5, 5.41) is 4.56. The fraction of sp³-hybridized carbons (Fsp3) is 0.385. The van der Waals surface area contributed by atoms with E-state index in [1.807, 2.05) is 23.7 Å². The summed E-state index contributed by atoms with van der Waals surface area (Å²) in [6.07, 6.45) is 1.78. The molecule has 4 nitrogen and oxygen atoms in total. The van der Waals surface area contributed by atoms with Gasteiger partial charge in [-0.1, -0.05) is 6.92 Å². The lowest BCUT2D eigenvalue weighted by Crippen LogP contribution is -2.11. The predicted molar refractivity (Wildman–Crippen MR) is 76.0 cm³/mol. The summed E-state index contributed by atoms with van der Waals surface area (Å²) in [6, 6.07) is 3.91. The maximum atomic E-state index is 5.75. The van der Waals surface area contributed by atoms with Crippen molar-refractivity contribution in [3.8, 4) is 5.82 Å². The molecule has 2 N–H and O–H groups in total. The van der Waals surface area contributed by atoms with Crippen molar-refractivity contribution in [2.24, 2.45) is 5.73 Å². The minimum absolute atomic E-state index is 0.314. The Bertz CT molecular complexity index is 545. The molecule has 0 amide bonds. The van der Waals surface area contributed by atoms with Crippen molar-refractivity contribution in [1.82, 2.24) is 14.8 Å². The van der Waals surface area contributed by atoms with Crippen LogP contribution in [0.2, 0.25) is 0 Å². The Kier molecular flexibility index (Phi) is 3.82. The highest BCUT2D eigenvalue weighted by Gasteiger charge is 2.17. The van der Waals surface area contributed by atoms with Crippen LogP contribution in [0.5, 0.6) is 0 Å². The zero-order chi connectivity index (χ0) is 13.3. The molecule has 18 heavy (non-hydrogen) atoms. The third-order valence-corrected chi connectivity index (χ3v) is 3.59. The van der Waals surface area contributed by atoms with E-state index < -0.39 is 0 Å². The van der Waals surface area contributed by atoms with Gasteiger partial charge in [0.25, 0.3) is 0 Å². The van der Waals surface area contributed by atoms with Crippen LogP contribution in [0.3, 0.4) is 0 Å². The Balaban J connectivity index is 2.50. The average molecular weight is 309 g/mol. The number of rotatable bonds is 3. The third kappa shape index (κ3) is 2.33. The van der Waals surface area contributed by atoms with Gasteiger partial charge in [-0.3, -0.25) is 0 Å². The maximum Gasteiger partial charge on any atom is 0.153 e. The van der Waals surface area contributed by atoms with Crippen molar-refractivity contribution in [3.05, 3.63) is 39.8 Å². The Hall–Kier alpha value is -1.20. The second kappa shape index (κ2) is 5.20. The van der Waals surface area contributed by atoms with E-state index in [0.717, 1.165) is 21.7 Å². The minimum atomic E-state index is 0.314. The molecule has 0 aliphatic heterocycles. The molecule has 2 aromatic rings. The van der Waals surface area contributed by atoms with Gasteiger partial charge in [-0.25, -0.2) is 9.67 Å². The molecule has 0 saturated carbocycles. The summed E-state index contributed by atoms with van der Waals surface area (Å²) in [5.74, 6) is 1.14. The highest BCUT2D eigenvalue weighted by molar-refractivity contribution is 9.10. The fourth-order valence-electron chi connectivity index (χ4n) is 2.20. The Morgan fingerprint density at radius 2 is 2.11 bits per heavy atom. The fourth-order valence-corrected chi connectivity index (χ4v) is 2.44. The highest BCUT2D eigenvalue weighted by atomic mass is 79.9. The van der Waals surface area contributed by atoms with Gasteiger partial charge in [-0.2, -0.15) is 5.10 Å². The van der Waals surface area contributed by atoms with Gasteiger partial charge in [0.1, 0.15) is 0 Å². The first-order valence-corrected chi connectivity index (χ1v) is 6.72. The summed E-state index contributed by atoms with van der Waals surface area (Å²) >= 11 is 3.38. The minimum Gasteiger partial charge on any atom is -0.330 e. The zero-order valence-electron chi connectivity index (χ0n) is 10.8. The van der Waals surface area contributed by atoms with Gasteiger partial charge < -0.3 is 5.73 Å². The first-order chi connectivity index (χ1) is 8.54. The molecular weight excluding hydrogens is 292 g/mol. The van der Waals surface area contributed by atoms with Gasteiger partial charge in [0.15, 0.2) is 5.82 Å². The van der Waals surface area contributed by atoms with Gasteiger partial charge in [0.05, 0.1) is 5.69 Å². The molecule has 2 rings (SSSR count). The number of halogens is 1. The lowest BCUT2D eigenvalue weighted by Gasteiger charge is -2.09. The molecule has 5 heteroatoms. The van der Waals surface area contributed by atoms with Crippen molar-refractivity contribution in [2.45, 2.75) is 26.7 Å². The molecule has 2 heterocycles. The highest BCUT2D eigenvalue weighted by Crippen LogP contribution is 2.24. The molecule has 0 bridgehead atoms. The second-order valence-corrected chi connectivity index (χ2v) is 5.38. The van der Waals surface area contributed by atoms with Crippen molar-refractivity contribution in [3.63, 3.8) is 0 Å². The van der Waals surface area contributed by atoms with Crippen LogP contribution in [0, 0.1) is 13.8 Å². The summed E-state index contributed by atoms with van der Waals surface area (Å²) in [4.78, 5) is 4.37. The molecule has 1 atom stereocenters.